The molecule has 1 fully saturated rings. The molecular formula is C23H22N2O2. The molecular weight excluding hydrogens is 336 g/mol. The van der Waals surface area contributed by atoms with Crippen molar-refractivity contribution in [3.8, 4) is 22.5 Å². The van der Waals surface area contributed by atoms with Crippen molar-refractivity contribution in [2.75, 3.05) is 13.1 Å². The fourth-order valence-corrected chi connectivity index (χ4v) is 4.27. The van der Waals surface area contributed by atoms with Gasteiger partial charge in [-0.1, -0.05) is 12.1 Å². The van der Waals surface area contributed by atoms with Crippen molar-refractivity contribution in [2.45, 2.75) is 31.6 Å². The Kier molecular flexibility index (Phi) is 4.13. The summed E-state index contributed by atoms with van der Waals surface area (Å²) in [6.07, 6.45) is 7.28. The van der Waals surface area contributed by atoms with Crippen molar-refractivity contribution in [1.29, 1.82) is 0 Å². The number of piperidine rings is 1. The molecule has 5 rings (SSSR count). The molecule has 136 valence electrons. The zero-order chi connectivity index (χ0) is 18.2. The van der Waals surface area contributed by atoms with Crippen LogP contribution in [-0.4, -0.2) is 23.9 Å². The minimum absolute atomic E-state index is 0.251. The number of nitrogens with one attached hydrogen (secondary N) is 1. The van der Waals surface area contributed by atoms with Gasteiger partial charge in [0.05, 0.1) is 0 Å². The summed E-state index contributed by atoms with van der Waals surface area (Å²) < 4.78 is 6.45. The van der Waals surface area contributed by atoms with Crippen LogP contribution in [0.4, 0.5) is 0 Å². The molecule has 0 radical (unpaired) electrons. The first-order chi connectivity index (χ1) is 13.3. The predicted molar refractivity (Wildman–Crippen MR) is 105 cm³/mol. The first-order valence-electron chi connectivity index (χ1n) is 9.71. The highest BCUT2D eigenvalue weighted by atomic mass is 16.3. The quantitative estimate of drug-likeness (QED) is 0.743. The molecule has 1 aromatic carbocycles. The van der Waals surface area contributed by atoms with Gasteiger partial charge in [-0.3, -0.25) is 9.78 Å². The Labute approximate surface area is 158 Å². The first kappa shape index (κ1) is 16.5. The molecule has 0 saturated carbocycles. The van der Waals surface area contributed by atoms with E-state index in [9.17, 15) is 4.79 Å². The molecule has 0 bridgehead atoms. The summed E-state index contributed by atoms with van der Waals surface area (Å²) in [6.45, 7) is 2.07. The van der Waals surface area contributed by atoms with E-state index in [2.05, 4.69) is 22.4 Å². The number of ketones is 1. The normalized spacial score (nSPS) is 17.3. The van der Waals surface area contributed by atoms with Gasteiger partial charge in [-0.2, -0.15) is 0 Å². The average Bonchev–Trinajstić information content (AvgIpc) is 3.33. The minimum atomic E-state index is 0.251. The summed E-state index contributed by atoms with van der Waals surface area (Å²) >= 11 is 0. The summed E-state index contributed by atoms with van der Waals surface area (Å²) in [5.74, 6) is 2.67. The standard InChI is InChI=1S/C23H22N2O2/c26-21-4-2-17-13-18(1-3-19(17)21)23-20(15-5-9-24-10-6-15)14-22(27-23)16-7-11-25-12-8-16/h1,3,5-6,9-10,13-14,16,25H,2,4,7-8,11-12H2. The molecule has 1 N–H and O–H groups in total. The van der Waals surface area contributed by atoms with Gasteiger partial charge in [0.15, 0.2) is 5.78 Å². The maximum absolute atomic E-state index is 12.0. The molecule has 3 aromatic rings. The second kappa shape index (κ2) is 6.78. The molecule has 1 saturated heterocycles. The van der Waals surface area contributed by atoms with Crippen LogP contribution in [0.3, 0.4) is 0 Å². The number of fused-ring (bicyclic) bond motifs is 1. The van der Waals surface area contributed by atoms with Gasteiger partial charge in [-0.15, -0.1) is 0 Å². The summed E-state index contributed by atoms with van der Waals surface area (Å²) in [7, 11) is 0. The summed E-state index contributed by atoms with van der Waals surface area (Å²) in [6, 6.07) is 12.4. The Balaban J connectivity index is 1.62. The van der Waals surface area contributed by atoms with E-state index >= 15 is 0 Å². The van der Waals surface area contributed by atoms with Crippen LogP contribution in [0.1, 0.15) is 46.9 Å². The van der Waals surface area contributed by atoms with Crippen LogP contribution in [0.25, 0.3) is 22.5 Å². The molecule has 0 atom stereocenters. The first-order valence-corrected chi connectivity index (χ1v) is 9.71. The smallest absolute Gasteiger partial charge is 0.163 e. The molecule has 2 aliphatic rings. The Hall–Kier alpha value is -2.72. The third kappa shape index (κ3) is 3.00. The molecule has 0 amide bonds. The molecule has 27 heavy (non-hydrogen) atoms. The van der Waals surface area contributed by atoms with Crippen molar-refractivity contribution in [1.82, 2.24) is 10.3 Å². The third-order valence-electron chi connectivity index (χ3n) is 5.77. The van der Waals surface area contributed by atoms with Gasteiger partial charge in [0, 0.05) is 41.4 Å². The van der Waals surface area contributed by atoms with E-state index in [1.165, 1.54) is 0 Å². The van der Waals surface area contributed by atoms with Gasteiger partial charge in [0.1, 0.15) is 11.5 Å². The van der Waals surface area contributed by atoms with Crippen molar-refractivity contribution in [2.24, 2.45) is 0 Å². The Bertz CT molecular complexity index is 985. The van der Waals surface area contributed by atoms with Crippen LogP contribution in [-0.2, 0) is 6.42 Å². The van der Waals surface area contributed by atoms with Crippen LogP contribution in [0.15, 0.2) is 53.2 Å². The number of furan rings is 1. The number of hydrogen-bond donors (Lipinski definition) is 1. The SMILES string of the molecule is O=C1CCc2cc(-c3oc(C4CCNCC4)cc3-c3ccncc3)ccc21. The number of carbonyl (C=O) groups excluding carboxylic acids is 1. The topological polar surface area (TPSA) is 55.1 Å². The van der Waals surface area contributed by atoms with Gasteiger partial charge < -0.3 is 9.73 Å². The highest BCUT2D eigenvalue weighted by Crippen LogP contribution is 2.40. The lowest BCUT2D eigenvalue weighted by Crippen LogP contribution is -2.26. The lowest BCUT2D eigenvalue weighted by Gasteiger charge is -2.20. The van der Waals surface area contributed by atoms with E-state index in [0.717, 1.165) is 71.7 Å². The number of benzene rings is 1. The highest BCUT2D eigenvalue weighted by molar-refractivity contribution is 6.01. The average molecular weight is 358 g/mol. The monoisotopic (exact) mass is 358 g/mol. The molecule has 2 aromatic heterocycles. The molecule has 4 nitrogen and oxygen atoms in total. The van der Waals surface area contributed by atoms with Crippen LogP contribution >= 0.6 is 0 Å². The second-order valence-corrected chi connectivity index (χ2v) is 7.45. The summed E-state index contributed by atoms with van der Waals surface area (Å²) in [4.78, 5) is 16.1. The molecule has 1 aliphatic carbocycles. The summed E-state index contributed by atoms with van der Waals surface area (Å²) in [5, 5.41) is 3.42. The Morgan fingerprint density at radius 2 is 1.74 bits per heavy atom. The van der Waals surface area contributed by atoms with Crippen LogP contribution < -0.4 is 5.32 Å². The van der Waals surface area contributed by atoms with E-state index in [0.29, 0.717) is 12.3 Å². The maximum Gasteiger partial charge on any atom is 0.163 e. The number of pyridine rings is 1. The zero-order valence-corrected chi connectivity index (χ0v) is 15.2. The number of aryl methyl sites for hydroxylation is 1. The number of carbonyl (C=O) groups is 1. The van der Waals surface area contributed by atoms with E-state index < -0.39 is 0 Å². The number of rotatable bonds is 3. The van der Waals surface area contributed by atoms with Crippen LogP contribution in [0, 0.1) is 0 Å². The fraction of sp³-hybridized carbons (Fsp3) is 0.304. The van der Waals surface area contributed by atoms with Crippen LogP contribution in [0.2, 0.25) is 0 Å². The largest absolute Gasteiger partial charge is 0.460 e. The predicted octanol–water partition coefficient (Wildman–Crippen LogP) is 4.60. The van der Waals surface area contributed by atoms with Gasteiger partial charge in [-0.05, 0) is 67.7 Å². The maximum atomic E-state index is 12.0. The van der Waals surface area contributed by atoms with Gasteiger partial charge in [0.2, 0.25) is 0 Å². The van der Waals surface area contributed by atoms with Gasteiger partial charge in [-0.25, -0.2) is 0 Å². The van der Waals surface area contributed by atoms with Gasteiger partial charge in [0.25, 0.3) is 0 Å². The van der Waals surface area contributed by atoms with E-state index in [1.54, 1.807) is 0 Å². The van der Waals surface area contributed by atoms with E-state index in [4.69, 9.17) is 4.42 Å². The fourth-order valence-electron chi connectivity index (χ4n) is 4.27. The van der Waals surface area contributed by atoms with E-state index in [-0.39, 0.29) is 5.78 Å². The Morgan fingerprint density at radius 1 is 0.926 bits per heavy atom. The summed E-state index contributed by atoms with van der Waals surface area (Å²) in [5.41, 5.74) is 5.28. The highest BCUT2D eigenvalue weighted by Gasteiger charge is 2.25. The number of hydrogen-bond acceptors (Lipinski definition) is 4. The lowest BCUT2D eigenvalue weighted by molar-refractivity contribution is 0.0994. The third-order valence-corrected chi connectivity index (χ3v) is 5.77. The molecule has 0 spiro atoms. The molecule has 1 aliphatic heterocycles. The van der Waals surface area contributed by atoms with Crippen molar-refractivity contribution in [3.05, 3.63) is 65.7 Å². The van der Waals surface area contributed by atoms with Crippen molar-refractivity contribution in [3.63, 3.8) is 0 Å². The molecule has 3 heterocycles. The Morgan fingerprint density at radius 3 is 2.56 bits per heavy atom. The van der Waals surface area contributed by atoms with E-state index in [1.807, 2.05) is 36.7 Å². The van der Waals surface area contributed by atoms with Crippen LogP contribution in [0.5, 0.6) is 0 Å². The molecule has 0 unspecified atom stereocenters. The zero-order valence-electron chi connectivity index (χ0n) is 15.2. The number of Topliss-reactive ketones (excluding diaryl/α,β-unsaturated/α-hetero) is 1. The lowest BCUT2D eigenvalue weighted by atomic mass is 9.94. The molecule has 4 heteroatoms. The number of nitrogens with zero attached hydrogens (tertiary/aromatic N) is 1. The second-order valence-electron chi connectivity index (χ2n) is 7.45. The number of aromatic nitrogens is 1. The van der Waals surface area contributed by atoms with Crippen molar-refractivity contribution >= 4 is 5.78 Å². The minimum Gasteiger partial charge on any atom is -0.460 e. The van der Waals surface area contributed by atoms with Gasteiger partial charge >= 0.3 is 0 Å². The van der Waals surface area contributed by atoms with Crippen molar-refractivity contribution < 1.29 is 9.21 Å².